The molecule has 2 atom stereocenters. The van der Waals surface area contributed by atoms with Crippen molar-refractivity contribution in [2.45, 2.75) is 57.8 Å². The molecular weight excluding hydrogens is 595 g/mol. The zero-order valence-corrected chi connectivity index (χ0v) is 27.0. The number of benzene rings is 3. The molecule has 1 amide bonds. The molecule has 0 saturated carbocycles. The molecule has 4 aromatic rings. The molecule has 3 aromatic carbocycles. The summed E-state index contributed by atoms with van der Waals surface area (Å²) in [6.45, 7) is 12.0. The van der Waals surface area contributed by atoms with Gasteiger partial charge < -0.3 is 24.5 Å². The molecule has 0 radical (unpaired) electrons. The average Bonchev–Trinajstić information content (AvgIpc) is 3.42. The molecule has 0 aliphatic carbocycles. The van der Waals surface area contributed by atoms with Crippen LogP contribution in [0.3, 0.4) is 0 Å². The van der Waals surface area contributed by atoms with Crippen LogP contribution in [-0.4, -0.2) is 47.0 Å². The van der Waals surface area contributed by atoms with Crippen molar-refractivity contribution in [3.8, 4) is 22.4 Å². The van der Waals surface area contributed by atoms with Crippen molar-refractivity contribution in [2.24, 2.45) is 0 Å². The molecule has 0 fully saturated rings. The highest BCUT2D eigenvalue weighted by Crippen LogP contribution is 2.42. The number of halogens is 1. The first-order chi connectivity index (χ1) is 22.7. The van der Waals surface area contributed by atoms with Gasteiger partial charge in [-0.15, -0.1) is 6.58 Å². The first-order valence-electron chi connectivity index (χ1n) is 15.8. The number of aliphatic hydroxyl groups excluding tert-OH is 1. The highest BCUT2D eigenvalue weighted by Gasteiger charge is 2.31. The number of esters is 1. The van der Waals surface area contributed by atoms with Gasteiger partial charge >= 0.3 is 5.97 Å². The summed E-state index contributed by atoms with van der Waals surface area (Å²) in [6.07, 6.45) is 2.11. The lowest BCUT2D eigenvalue weighted by atomic mass is 9.94. The smallest absolute Gasteiger partial charge is 0.308 e. The Kier molecular flexibility index (Phi) is 12.8. The predicted octanol–water partition coefficient (Wildman–Crippen LogP) is 8.17. The molecule has 1 aromatic heterocycles. The van der Waals surface area contributed by atoms with Crippen LogP contribution in [0.15, 0.2) is 110 Å². The summed E-state index contributed by atoms with van der Waals surface area (Å²) in [6, 6.07) is 25.2. The summed E-state index contributed by atoms with van der Waals surface area (Å²) in [5, 5.41) is 14.3. The van der Waals surface area contributed by atoms with Gasteiger partial charge in [0, 0.05) is 29.9 Å². The van der Waals surface area contributed by atoms with Gasteiger partial charge in [0.15, 0.2) is 0 Å². The van der Waals surface area contributed by atoms with E-state index in [1.54, 1.807) is 18.2 Å². The topological polar surface area (TPSA) is 89.8 Å². The number of para-hydroxylation sites is 1. The lowest BCUT2D eigenvalue weighted by Crippen LogP contribution is -2.26. The van der Waals surface area contributed by atoms with Crippen LogP contribution >= 0.6 is 0 Å². The molecule has 0 aliphatic rings. The number of carbonyl (C=O) groups is 2. The maximum absolute atomic E-state index is 14.2. The van der Waals surface area contributed by atoms with Gasteiger partial charge in [-0.05, 0) is 59.9 Å². The van der Waals surface area contributed by atoms with E-state index in [4.69, 9.17) is 9.47 Å². The van der Waals surface area contributed by atoms with Gasteiger partial charge in [-0.2, -0.15) is 0 Å². The van der Waals surface area contributed by atoms with E-state index in [9.17, 15) is 19.1 Å². The highest BCUT2D eigenvalue weighted by molar-refractivity contribution is 6.12. The van der Waals surface area contributed by atoms with E-state index < -0.39 is 18.2 Å². The summed E-state index contributed by atoms with van der Waals surface area (Å²) >= 11 is 0. The lowest BCUT2D eigenvalue weighted by Gasteiger charge is -2.22. The van der Waals surface area contributed by atoms with E-state index in [-0.39, 0.29) is 43.7 Å². The number of aliphatic hydroxyl groups is 1. The minimum Gasteiger partial charge on any atom is -0.461 e. The number of ether oxygens (including phenoxy) is 2. The van der Waals surface area contributed by atoms with Gasteiger partial charge in [0.05, 0.1) is 36.5 Å². The third-order valence-corrected chi connectivity index (χ3v) is 7.72. The zero-order valence-electron chi connectivity index (χ0n) is 27.0. The maximum Gasteiger partial charge on any atom is 0.308 e. The minimum absolute atomic E-state index is 0.0255. The van der Waals surface area contributed by atoms with Crippen LogP contribution in [0.2, 0.25) is 0 Å². The van der Waals surface area contributed by atoms with E-state index in [1.807, 2.05) is 74.5 Å². The second kappa shape index (κ2) is 17.2. The van der Waals surface area contributed by atoms with Crippen LogP contribution in [0.25, 0.3) is 22.4 Å². The van der Waals surface area contributed by atoms with Crippen LogP contribution in [0.4, 0.5) is 10.1 Å². The van der Waals surface area contributed by atoms with Gasteiger partial charge in [0.25, 0.3) is 5.91 Å². The molecule has 1 heterocycles. The highest BCUT2D eigenvalue weighted by atomic mass is 19.1. The number of anilines is 1. The SMILES string of the molecule is C=CCOC(=O)CC(CC(O)CCn1c(-c2ccc(F)cc2)c(-c2ccccc2)c(C(=O)Nc2ccccc2)c1C(C)C)OCC=C. The normalized spacial score (nSPS) is 12.4. The molecular formula is C39H43FN2O5. The van der Waals surface area contributed by atoms with Gasteiger partial charge in [-0.1, -0.05) is 81.1 Å². The molecule has 0 aliphatic heterocycles. The van der Waals surface area contributed by atoms with Crippen LogP contribution in [0.1, 0.15) is 55.1 Å². The quantitative estimate of drug-likeness (QED) is 0.0900. The van der Waals surface area contributed by atoms with E-state index in [2.05, 4.69) is 23.0 Å². The predicted molar refractivity (Wildman–Crippen MR) is 185 cm³/mol. The molecule has 246 valence electrons. The van der Waals surface area contributed by atoms with Crippen molar-refractivity contribution < 1.29 is 28.6 Å². The summed E-state index contributed by atoms with van der Waals surface area (Å²) in [7, 11) is 0. The Morgan fingerprint density at radius 3 is 2.17 bits per heavy atom. The lowest BCUT2D eigenvalue weighted by molar-refractivity contribution is -0.146. The number of rotatable bonds is 17. The first kappa shape index (κ1) is 35.1. The van der Waals surface area contributed by atoms with Crippen molar-refractivity contribution in [1.82, 2.24) is 4.57 Å². The van der Waals surface area contributed by atoms with Gasteiger partial charge in [-0.3, -0.25) is 9.59 Å². The van der Waals surface area contributed by atoms with Crippen LogP contribution in [0, 0.1) is 5.82 Å². The first-order valence-corrected chi connectivity index (χ1v) is 15.8. The monoisotopic (exact) mass is 638 g/mol. The molecule has 47 heavy (non-hydrogen) atoms. The third kappa shape index (κ3) is 9.37. The fourth-order valence-electron chi connectivity index (χ4n) is 5.72. The summed E-state index contributed by atoms with van der Waals surface area (Å²) in [5.41, 5.74) is 5.01. The number of nitrogens with zero attached hydrogens (tertiary/aromatic N) is 1. The Bertz CT molecular complexity index is 1630. The van der Waals surface area contributed by atoms with E-state index in [0.29, 0.717) is 24.2 Å². The van der Waals surface area contributed by atoms with Crippen LogP contribution in [0.5, 0.6) is 0 Å². The molecule has 4 rings (SSSR count). The Balaban J connectivity index is 1.79. The summed E-state index contributed by atoms with van der Waals surface area (Å²) in [5.74, 6) is -1.17. The van der Waals surface area contributed by atoms with Crippen LogP contribution < -0.4 is 5.32 Å². The summed E-state index contributed by atoms with van der Waals surface area (Å²) < 4.78 is 27.2. The number of carbonyl (C=O) groups excluding carboxylic acids is 2. The maximum atomic E-state index is 14.2. The minimum atomic E-state index is -0.845. The molecule has 2 unspecified atom stereocenters. The van der Waals surface area contributed by atoms with Crippen molar-refractivity contribution in [2.75, 3.05) is 18.5 Å². The molecule has 0 saturated heterocycles. The van der Waals surface area contributed by atoms with Crippen molar-refractivity contribution in [1.29, 1.82) is 0 Å². The molecule has 7 nitrogen and oxygen atoms in total. The molecule has 0 bridgehead atoms. The van der Waals surface area contributed by atoms with Gasteiger partial charge in [-0.25, -0.2) is 4.39 Å². The van der Waals surface area contributed by atoms with Crippen LogP contribution in [-0.2, 0) is 20.8 Å². The molecule has 2 N–H and O–H groups in total. The van der Waals surface area contributed by atoms with Crippen molar-refractivity contribution >= 4 is 17.6 Å². The number of nitrogens with one attached hydrogen (secondary N) is 1. The van der Waals surface area contributed by atoms with E-state index in [1.165, 1.54) is 18.2 Å². The standard InChI is InChI=1S/C39H43FN2O5/c1-5-23-46-33(26-34(44)47-24-6-2)25-32(43)21-22-42-37(27(3)4)36(39(45)41-31-15-11-8-12-16-31)35(28-13-9-7-10-14-28)38(42)29-17-19-30(40)20-18-29/h5-20,27,32-33,43H,1-2,21-26H2,3-4H3,(H,41,45). The van der Waals surface area contributed by atoms with Crippen molar-refractivity contribution in [3.05, 3.63) is 127 Å². The van der Waals surface area contributed by atoms with E-state index in [0.717, 1.165) is 28.1 Å². The van der Waals surface area contributed by atoms with Crippen molar-refractivity contribution in [3.63, 3.8) is 0 Å². The zero-order chi connectivity index (χ0) is 33.8. The van der Waals surface area contributed by atoms with Gasteiger partial charge in [0.2, 0.25) is 0 Å². The molecule has 0 spiro atoms. The number of hydrogen-bond acceptors (Lipinski definition) is 5. The Labute approximate surface area is 276 Å². The van der Waals surface area contributed by atoms with E-state index >= 15 is 0 Å². The third-order valence-electron chi connectivity index (χ3n) is 7.72. The number of amides is 1. The van der Waals surface area contributed by atoms with Gasteiger partial charge in [0.1, 0.15) is 12.4 Å². The fraction of sp³-hybridized carbons (Fsp3) is 0.282. The second-order valence-electron chi connectivity index (χ2n) is 11.6. The fourth-order valence-corrected chi connectivity index (χ4v) is 5.72. The Morgan fingerprint density at radius 1 is 0.915 bits per heavy atom. The second-order valence-corrected chi connectivity index (χ2v) is 11.6. The average molecular weight is 639 g/mol. The summed E-state index contributed by atoms with van der Waals surface area (Å²) in [4.78, 5) is 26.6. The molecule has 8 heteroatoms. The number of aromatic nitrogens is 1. The Hall–Kier alpha value is -4.79. The Morgan fingerprint density at radius 2 is 1.55 bits per heavy atom. The largest absolute Gasteiger partial charge is 0.461 e. The number of hydrogen-bond donors (Lipinski definition) is 2.